The van der Waals surface area contributed by atoms with E-state index in [1.54, 1.807) is 0 Å². The van der Waals surface area contributed by atoms with Gasteiger partial charge in [0.1, 0.15) is 18.3 Å². The number of carbonyl (C=O) groups excluding carboxylic acids is 1. The average Bonchev–Trinajstić information content (AvgIpc) is 2.23. The van der Waals surface area contributed by atoms with Crippen molar-refractivity contribution in [1.29, 1.82) is 0 Å². The quantitative estimate of drug-likeness (QED) is 0.487. The van der Waals surface area contributed by atoms with Gasteiger partial charge < -0.3 is 29.5 Å². The highest BCUT2D eigenvalue weighted by atomic mass is 16.7. The molecule has 1 saturated heterocycles. The van der Waals surface area contributed by atoms with Crippen LogP contribution >= 0.6 is 0 Å². The Morgan fingerprint density at radius 1 is 1.38 bits per heavy atom. The lowest BCUT2D eigenvalue weighted by molar-refractivity contribution is -0.294. The smallest absolute Gasteiger partial charge is 0.303 e. The van der Waals surface area contributed by atoms with Crippen LogP contribution in [-0.4, -0.2) is 65.7 Å². The van der Waals surface area contributed by atoms with E-state index in [2.05, 4.69) is 0 Å². The first-order valence-corrected chi connectivity index (χ1v) is 4.83. The molecule has 1 rings (SSSR count). The predicted octanol–water partition coefficient (Wildman–Crippen LogP) is -2.00. The molecule has 3 N–H and O–H groups in total. The molecule has 0 amide bonds. The summed E-state index contributed by atoms with van der Waals surface area (Å²) >= 11 is 0. The van der Waals surface area contributed by atoms with Crippen molar-refractivity contribution >= 4 is 5.97 Å². The molecule has 7 heteroatoms. The predicted molar refractivity (Wildman–Crippen MR) is 50.3 cm³/mol. The van der Waals surface area contributed by atoms with E-state index in [0.717, 1.165) is 0 Å². The molecule has 0 saturated carbocycles. The molecule has 1 aliphatic rings. The molecule has 0 unspecified atom stereocenters. The Balaban J connectivity index is 2.78. The number of hydrogen-bond acceptors (Lipinski definition) is 7. The fraction of sp³-hybridized carbons (Fsp3) is 0.889. The third kappa shape index (κ3) is 2.69. The van der Waals surface area contributed by atoms with Gasteiger partial charge in [-0.05, 0) is 0 Å². The van der Waals surface area contributed by atoms with Crippen LogP contribution in [0.25, 0.3) is 0 Å². The number of hydrogen-bond donors (Lipinski definition) is 3. The molecule has 0 aromatic heterocycles. The van der Waals surface area contributed by atoms with Crippen LogP contribution in [0.3, 0.4) is 0 Å². The third-order valence-electron chi connectivity index (χ3n) is 2.39. The Hall–Kier alpha value is -0.730. The first-order chi connectivity index (χ1) is 7.51. The van der Waals surface area contributed by atoms with E-state index >= 15 is 0 Å². The van der Waals surface area contributed by atoms with Gasteiger partial charge in [0.2, 0.25) is 0 Å². The lowest BCUT2D eigenvalue weighted by Crippen LogP contribution is -2.60. The number of rotatable bonds is 3. The second-order valence-corrected chi connectivity index (χ2v) is 3.51. The minimum absolute atomic E-state index is 0.467. The summed E-state index contributed by atoms with van der Waals surface area (Å²) in [6, 6.07) is 0. The number of aliphatic hydroxyl groups excluding tert-OH is 3. The zero-order chi connectivity index (χ0) is 12.3. The van der Waals surface area contributed by atoms with Crippen LogP contribution < -0.4 is 0 Å². The molecule has 1 aliphatic heterocycles. The molecule has 0 aromatic carbocycles. The van der Waals surface area contributed by atoms with Gasteiger partial charge >= 0.3 is 5.97 Å². The third-order valence-corrected chi connectivity index (χ3v) is 2.39. The van der Waals surface area contributed by atoms with Crippen LogP contribution in [-0.2, 0) is 19.0 Å². The summed E-state index contributed by atoms with van der Waals surface area (Å²) in [5.74, 6) is -0.621. The topological polar surface area (TPSA) is 105 Å². The molecule has 0 radical (unpaired) electrons. The van der Waals surface area contributed by atoms with Gasteiger partial charge in [-0.3, -0.25) is 4.79 Å². The number of methoxy groups -OCH3 is 1. The summed E-state index contributed by atoms with van der Waals surface area (Å²) in [5.41, 5.74) is 0. The zero-order valence-electron chi connectivity index (χ0n) is 9.07. The Labute approximate surface area is 92.5 Å². The van der Waals surface area contributed by atoms with Crippen LogP contribution in [0.5, 0.6) is 0 Å². The number of carbonyl (C=O) groups is 1. The number of aliphatic hydroxyl groups is 3. The largest absolute Gasteiger partial charge is 0.454 e. The van der Waals surface area contributed by atoms with Crippen molar-refractivity contribution in [3.05, 3.63) is 0 Å². The maximum Gasteiger partial charge on any atom is 0.303 e. The lowest BCUT2D eigenvalue weighted by Gasteiger charge is -2.40. The normalized spacial score (nSPS) is 39.4. The van der Waals surface area contributed by atoms with Crippen LogP contribution in [0.2, 0.25) is 0 Å². The van der Waals surface area contributed by atoms with Crippen molar-refractivity contribution in [2.75, 3.05) is 13.7 Å². The maximum atomic E-state index is 10.8. The van der Waals surface area contributed by atoms with E-state index in [0.29, 0.717) is 0 Å². The second kappa shape index (κ2) is 5.55. The van der Waals surface area contributed by atoms with Crippen molar-refractivity contribution in [3.63, 3.8) is 0 Å². The molecular formula is C9H16O7. The van der Waals surface area contributed by atoms with E-state index in [-0.39, 0.29) is 0 Å². The van der Waals surface area contributed by atoms with Crippen molar-refractivity contribution < 1.29 is 34.3 Å². The highest BCUT2D eigenvalue weighted by Crippen LogP contribution is 2.24. The van der Waals surface area contributed by atoms with E-state index in [1.165, 1.54) is 14.0 Å². The molecule has 0 aromatic rings. The standard InChI is InChI=1S/C9H16O7/c1-4(11)15-8-7(14-2)6(12)5(3-10)16-9(8)13/h5-10,12-13H,3H2,1-2H3/t5-,6+,7-,8+,9-/m0/s1. The summed E-state index contributed by atoms with van der Waals surface area (Å²) in [4.78, 5) is 10.8. The summed E-state index contributed by atoms with van der Waals surface area (Å²) in [6.07, 6.45) is -5.63. The van der Waals surface area contributed by atoms with E-state index in [9.17, 15) is 15.0 Å². The first-order valence-electron chi connectivity index (χ1n) is 4.83. The lowest BCUT2D eigenvalue weighted by atomic mass is 9.99. The summed E-state index contributed by atoms with van der Waals surface area (Å²) in [7, 11) is 1.30. The molecule has 0 aliphatic carbocycles. The average molecular weight is 236 g/mol. The second-order valence-electron chi connectivity index (χ2n) is 3.51. The minimum Gasteiger partial charge on any atom is -0.454 e. The molecule has 1 fully saturated rings. The molecule has 7 nitrogen and oxygen atoms in total. The van der Waals surface area contributed by atoms with Crippen molar-refractivity contribution in [2.45, 2.75) is 37.6 Å². The van der Waals surface area contributed by atoms with Crippen LogP contribution in [0.1, 0.15) is 6.92 Å². The maximum absolute atomic E-state index is 10.8. The van der Waals surface area contributed by atoms with Gasteiger partial charge in [-0.1, -0.05) is 0 Å². The number of esters is 1. The van der Waals surface area contributed by atoms with Gasteiger partial charge in [-0.2, -0.15) is 0 Å². The molecule has 94 valence electrons. The molecule has 0 bridgehead atoms. The van der Waals surface area contributed by atoms with E-state index < -0.39 is 43.3 Å². The van der Waals surface area contributed by atoms with Gasteiger partial charge in [0.05, 0.1) is 6.61 Å². The Kier molecular flexibility index (Phi) is 4.63. The highest BCUT2D eigenvalue weighted by molar-refractivity contribution is 5.66. The summed E-state index contributed by atoms with van der Waals surface area (Å²) in [5, 5.41) is 28.2. The molecule has 16 heavy (non-hydrogen) atoms. The molecule has 1 heterocycles. The van der Waals surface area contributed by atoms with Gasteiger partial charge in [0, 0.05) is 14.0 Å². The van der Waals surface area contributed by atoms with Gasteiger partial charge in [0.15, 0.2) is 12.4 Å². The zero-order valence-corrected chi connectivity index (χ0v) is 9.07. The summed E-state index contributed by atoms with van der Waals surface area (Å²) < 4.78 is 14.6. The van der Waals surface area contributed by atoms with Gasteiger partial charge in [-0.15, -0.1) is 0 Å². The number of ether oxygens (including phenoxy) is 3. The van der Waals surface area contributed by atoms with Gasteiger partial charge in [-0.25, -0.2) is 0 Å². The fourth-order valence-electron chi connectivity index (χ4n) is 1.65. The highest BCUT2D eigenvalue weighted by Gasteiger charge is 2.46. The SMILES string of the molecule is CO[C@H]1[C@H](O)[C@H](CO)O[C@H](O)[C@@H]1OC(C)=O. The Bertz CT molecular complexity index is 244. The van der Waals surface area contributed by atoms with Crippen LogP contribution in [0.4, 0.5) is 0 Å². The minimum atomic E-state index is -1.44. The van der Waals surface area contributed by atoms with Crippen molar-refractivity contribution in [1.82, 2.24) is 0 Å². The van der Waals surface area contributed by atoms with Crippen molar-refractivity contribution in [3.8, 4) is 0 Å². The monoisotopic (exact) mass is 236 g/mol. The Morgan fingerprint density at radius 2 is 2.00 bits per heavy atom. The van der Waals surface area contributed by atoms with Gasteiger partial charge in [0.25, 0.3) is 0 Å². The molecular weight excluding hydrogens is 220 g/mol. The van der Waals surface area contributed by atoms with E-state index in [4.69, 9.17) is 19.3 Å². The molecule has 0 spiro atoms. The first kappa shape index (κ1) is 13.3. The van der Waals surface area contributed by atoms with E-state index in [1.807, 2.05) is 0 Å². The molecule has 5 atom stereocenters. The Morgan fingerprint density at radius 3 is 2.44 bits per heavy atom. The van der Waals surface area contributed by atoms with Crippen LogP contribution in [0, 0.1) is 0 Å². The summed E-state index contributed by atoms with van der Waals surface area (Å²) in [6.45, 7) is 0.703. The fourth-order valence-corrected chi connectivity index (χ4v) is 1.65. The van der Waals surface area contributed by atoms with Crippen LogP contribution in [0.15, 0.2) is 0 Å². The van der Waals surface area contributed by atoms with Crippen molar-refractivity contribution in [2.24, 2.45) is 0 Å².